The number of aliphatic carboxylic acids is 1. The topological polar surface area (TPSA) is 102 Å². The van der Waals surface area contributed by atoms with Crippen LogP contribution in [0.3, 0.4) is 0 Å². The summed E-state index contributed by atoms with van der Waals surface area (Å²) in [7, 11) is -4.00. The van der Waals surface area contributed by atoms with Gasteiger partial charge in [-0.2, -0.15) is 4.72 Å². The zero-order valence-corrected chi connectivity index (χ0v) is 12.6. The van der Waals surface area contributed by atoms with Crippen LogP contribution in [0.15, 0.2) is 23.1 Å². The number of sulfonamides is 1. The van der Waals surface area contributed by atoms with E-state index in [2.05, 4.69) is 4.72 Å². The minimum Gasteiger partial charge on any atom is -0.486 e. The first-order chi connectivity index (χ1) is 10.5. The fourth-order valence-corrected chi connectivity index (χ4v) is 3.76. The van der Waals surface area contributed by atoms with E-state index in [0.29, 0.717) is 18.8 Å². The molecule has 0 amide bonds. The van der Waals surface area contributed by atoms with Gasteiger partial charge in [-0.25, -0.2) is 8.42 Å². The molecule has 0 bridgehead atoms. The first-order valence-corrected chi connectivity index (χ1v) is 8.59. The Morgan fingerprint density at radius 2 is 2.05 bits per heavy atom. The Balaban J connectivity index is 1.87. The maximum atomic E-state index is 12.5. The number of carboxylic acids is 1. The van der Waals surface area contributed by atoms with Gasteiger partial charge in [0, 0.05) is 0 Å². The van der Waals surface area contributed by atoms with Gasteiger partial charge in [0.15, 0.2) is 11.5 Å². The zero-order chi connectivity index (χ0) is 15.7. The Labute approximate surface area is 128 Å². The summed E-state index contributed by atoms with van der Waals surface area (Å²) in [4.78, 5) is 11.2. The summed E-state index contributed by atoms with van der Waals surface area (Å²) in [5, 5.41) is 9.22. The lowest BCUT2D eigenvalue weighted by atomic mass is 10.1. The summed E-state index contributed by atoms with van der Waals surface area (Å²) >= 11 is 0. The monoisotopic (exact) mass is 327 g/mol. The van der Waals surface area contributed by atoms with E-state index in [4.69, 9.17) is 9.47 Å². The Bertz CT molecular complexity index is 683. The van der Waals surface area contributed by atoms with E-state index in [0.717, 1.165) is 12.8 Å². The number of fused-ring (bicyclic) bond motifs is 1. The van der Waals surface area contributed by atoms with Crippen molar-refractivity contribution in [3.05, 3.63) is 18.2 Å². The summed E-state index contributed by atoms with van der Waals surface area (Å²) in [6, 6.07) is 3.41. The second kappa shape index (κ2) is 5.77. The van der Waals surface area contributed by atoms with Gasteiger partial charge in [0.05, 0.1) is 0 Å². The quantitative estimate of drug-likeness (QED) is 0.808. The summed E-state index contributed by atoms with van der Waals surface area (Å²) in [6.45, 7) is 0.604. The number of carboxylic acid groups (broad SMARTS) is 1. The highest BCUT2D eigenvalue weighted by molar-refractivity contribution is 7.89. The molecule has 0 radical (unpaired) electrons. The van der Waals surface area contributed by atoms with E-state index < -0.39 is 22.0 Å². The van der Waals surface area contributed by atoms with E-state index in [1.54, 1.807) is 12.1 Å². The molecule has 120 valence electrons. The van der Waals surface area contributed by atoms with Crippen LogP contribution in [0.2, 0.25) is 0 Å². The van der Waals surface area contributed by atoms with E-state index in [-0.39, 0.29) is 23.2 Å². The Hall–Kier alpha value is -1.80. The smallest absolute Gasteiger partial charge is 0.321 e. The molecule has 3 rings (SSSR count). The number of nitrogens with one attached hydrogen (secondary N) is 1. The van der Waals surface area contributed by atoms with Gasteiger partial charge < -0.3 is 14.6 Å². The molecule has 1 aromatic rings. The highest BCUT2D eigenvalue weighted by Crippen LogP contribution is 2.37. The average Bonchev–Trinajstić information content (AvgIpc) is 3.29. The zero-order valence-electron chi connectivity index (χ0n) is 11.8. The van der Waals surface area contributed by atoms with E-state index >= 15 is 0 Å². The van der Waals surface area contributed by atoms with Crippen LogP contribution in [0.5, 0.6) is 11.5 Å². The number of ether oxygens (including phenoxy) is 2. The van der Waals surface area contributed by atoms with Gasteiger partial charge in [-0.05, 0) is 24.5 Å². The fourth-order valence-electron chi connectivity index (χ4n) is 2.40. The number of para-hydroxylation sites is 1. The van der Waals surface area contributed by atoms with Crippen LogP contribution in [0.1, 0.15) is 19.3 Å². The minimum absolute atomic E-state index is 0.0910. The standard InChI is InChI=1S/C14H17NO6S/c16-14(17)10(8-9-4-5-9)15-22(18,19)12-3-1-2-11-13(12)21-7-6-20-11/h1-3,9-10,15H,4-8H2,(H,16,17)/t10-/m0/s1. The first kappa shape index (κ1) is 15.1. The molecule has 2 N–H and O–H groups in total. The molecule has 1 heterocycles. The van der Waals surface area contributed by atoms with Gasteiger partial charge >= 0.3 is 5.97 Å². The van der Waals surface area contributed by atoms with Crippen molar-refractivity contribution in [1.82, 2.24) is 4.72 Å². The van der Waals surface area contributed by atoms with Crippen LogP contribution in [-0.4, -0.2) is 38.7 Å². The van der Waals surface area contributed by atoms with Crippen molar-refractivity contribution in [2.45, 2.75) is 30.2 Å². The van der Waals surface area contributed by atoms with Crippen molar-refractivity contribution in [3.8, 4) is 11.5 Å². The Morgan fingerprint density at radius 1 is 1.32 bits per heavy atom. The Morgan fingerprint density at radius 3 is 2.73 bits per heavy atom. The van der Waals surface area contributed by atoms with Crippen molar-refractivity contribution >= 4 is 16.0 Å². The summed E-state index contributed by atoms with van der Waals surface area (Å²) in [6.07, 6.45) is 2.20. The maximum Gasteiger partial charge on any atom is 0.321 e. The average molecular weight is 327 g/mol. The van der Waals surface area contributed by atoms with E-state index in [9.17, 15) is 18.3 Å². The van der Waals surface area contributed by atoms with Gasteiger partial charge in [-0.15, -0.1) is 0 Å². The van der Waals surface area contributed by atoms with Crippen molar-refractivity contribution < 1.29 is 27.8 Å². The van der Waals surface area contributed by atoms with Crippen molar-refractivity contribution in [2.75, 3.05) is 13.2 Å². The molecule has 1 aromatic carbocycles. The van der Waals surface area contributed by atoms with Crippen LogP contribution in [0.25, 0.3) is 0 Å². The van der Waals surface area contributed by atoms with Crippen LogP contribution in [0.4, 0.5) is 0 Å². The highest BCUT2D eigenvalue weighted by Gasteiger charge is 2.34. The lowest BCUT2D eigenvalue weighted by Crippen LogP contribution is -2.41. The maximum absolute atomic E-state index is 12.5. The minimum atomic E-state index is -4.00. The third-order valence-electron chi connectivity index (χ3n) is 3.68. The van der Waals surface area contributed by atoms with Gasteiger partial charge in [0.1, 0.15) is 24.2 Å². The number of hydrogen-bond donors (Lipinski definition) is 2. The predicted molar refractivity (Wildman–Crippen MR) is 76.5 cm³/mol. The third kappa shape index (κ3) is 3.17. The molecular formula is C14H17NO6S. The van der Waals surface area contributed by atoms with Gasteiger partial charge in [-0.1, -0.05) is 18.9 Å². The van der Waals surface area contributed by atoms with Crippen LogP contribution in [0, 0.1) is 5.92 Å². The molecule has 8 heteroatoms. The molecule has 22 heavy (non-hydrogen) atoms. The van der Waals surface area contributed by atoms with Gasteiger partial charge in [-0.3, -0.25) is 4.79 Å². The molecule has 1 atom stereocenters. The fraction of sp³-hybridized carbons (Fsp3) is 0.500. The molecule has 2 aliphatic rings. The van der Waals surface area contributed by atoms with E-state index in [1.807, 2.05) is 0 Å². The molecule has 1 fully saturated rings. The molecule has 0 unspecified atom stereocenters. The number of hydrogen-bond acceptors (Lipinski definition) is 5. The summed E-state index contributed by atoms with van der Waals surface area (Å²) in [5.41, 5.74) is 0. The van der Waals surface area contributed by atoms with E-state index in [1.165, 1.54) is 6.07 Å². The SMILES string of the molecule is O=C(O)[C@H](CC1CC1)NS(=O)(=O)c1cccc2c1OCCO2. The lowest BCUT2D eigenvalue weighted by Gasteiger charge is -2.22. The van der Waals surface area contributed by atoms with Crippen molar-refractivity contribution in [3.63, 3.8) is 0 Å². The van der Waals surface area contributed by atoms with Gasteiger partial charge in [0.25, 0.3) is 0 Å². The summed E-state index contributed by atoms with van der Waals surface area (Å²) < 4.78 is 38.0. The predicted octanol–water partition coefficient (Wildman–Crippen LogP) is 0.989. The molecular weight excluding hydrogens is 310 g/mol. The van der Waals surface area contributed by atoms with Crippen LogP contribution < -0.4 is 14.2 Å². The number of benzene rings is 1. The molecule has 0 aromatic heterocycles. The molecule has 1 aliphatic carbocycles. The lowest BCUT2D eigenvalue weighted by molar-refractivity contribution is -0.139. The largest absolute Gasteiger partial charge is 0.486 e. The van der Waals surface area contributed by atoms with Crippen LogP contribution in [-0.2, 0) is 14.8 Å². The molecule has 0 saturated heterocycles. The van der Waals surface area contributed by atoms with Crippen molar-refractivity contribution in [1.29, 1.82) is 0 Å². The van der Waals surface area contributed by atoms with Crippen molar-refractivity contribution in [2.24, 2.45) is 5.92 Å². The summed E-state index contributed by atoms with van der Waals surface area (Å²) in [5.74, 6) is -0.398. The normalized spacial score (nSPS) is 18.7. The molecule has 1 saturated carbocycles. The van der Waals surface area contributed by atoms with Gasteiger partial charge in [0.2, 0.25) is 10.0 Å². The molecule has 1 aliphatic heterocycles. The number of carbonyl (C=O) groups is 1. The third-order valence-corrected chi connectivity index (χ3v) is 5.18. The number of rotatable bonds is 6. The molecule has 0 spiro atoms. The second-order valence-electron chi connectivity index (χ2n) is 5.47. The second-order valence-corrected chi connectivity index (χ2v) is 7.15. The highest BCUT2D eigenvalue weighted by atomic mass is 32.2. The molecule has 7 nitrogen and oxygen atoms in total. The first-order valence-electron chi connectivity index (χ1n) is 7.11. The Kier molecular flexibility index (Phi) is 3.96. The van der Waals surface area contributed by atoms with Crippen LogP contribution >= 0.6 is 0 Å².